The molecule has 4 N–H and O–H groups in total. The van der Waals surface area contributed by atoms with E-state index in [1.54, 1.807) is 17.5 Å². The predicted molar refractivity (Wildman–Crippen MR) is 70.3 cm³/mol. The molecule has 0 aliphatic heterocycles. The van der Waals surface area contributed by atoms with Crippen molar-refractivity contribution in [2.24, 2.45) is 5.73 Å². The van der Waals surface area contributed by atoms with Crippen LogP contribution in [0.4, 0.5) is 0 Å². The van der Waals surface area contributed by atoms with Crippen LogP contribution in [0, 0.1) is 0 Å². The predicted octanol–water partition coefficient (Wildman–Crippen LogP) is 1.61. The van der Waals surface area contributed by atoms with Crippen LogP contribution in [0.5, 0.6) is 11.5 Å². The van der Waals surface area contributed by atoms with Crippen molar-refractivity contribution in [3.8, 4) is 22.1 Å². The highest BCUT2D eigenvalue weighted by atomic mass is 32.1. The minimum absolute atomic E-state index is 0.000664. The van der Waals surface area contributed by atoms with Crippen molar-refractivity contribution in [2.75, 3.05) is 7.11 Å². The summed E-state index contributed by atoms with van der Waals surface area (Å²) in [6, 6.07) is 3.71. The molecule has 0 saturated carbocycles. The Balaban J connectivity index is 2.33. The number of methoxy groups -OCH3 is 1. The summed E-state index contributed by atoms with van der Waals surface area (Å²) in [5, 5.41) is 20.7. The molecule has 2 rings (SSSR count). The van der Waals surface area contributed by atoms with Crippen LogP contribution in [-0.4, -0.2) is 28.3 Å². The SMILES string of the molecule is COc1ccc(-c2nc(C(N)C(=O)O)cs2)cc1O. The molecule has 0 fully saturated rings. The van der Waals surface area contributed by atoms with E-state index in [2.05, 4.69) is 4.98 Å². The van der Waals surface area contributed by atoms with Gasteiger partial charge in [0.05, 0.1) is 12.8 Å². The average Bonchev–Trinajstić information content (AvgIpc) is 2.87. The van der Waals surface area contributed by atoms with Crippen molar-refractivity contribution in [1.29, 1.82) is 0 Å². The highest BCUT2D eigenvalue weighted by Gasteiger charge is 2.18. The molecule has 19 heavy (non-hydrogen) atoms. The summed E-state index contributed by atoms with van der Waals surface area (Å²) in [5.74, 6) is -0.767. The van der Waals surface area contributed by atoms with E-state index < -0.39 is 12.0 Å². The van der Waals surface area contributed by atoms with Crippen LogP contribution in [-0.2, 0) is 4.79 Å². The number of aromatic hydroxyl groups is 1. The topological polar surface area (TPSA) is 106 Å². The van der Waals surface area contributed by atoms with Gasteiger partial charge in [0.2, 0.25) is 0 Å². The Morgan fingerprint density at radius 3 is 2.84 bits per heavy atom. The van der Waals surface area contributed by atoms with Gasteiger partial charge in [0.25, 0.3) is 0 Å². The third kappa shape index (κ3) is 2.67. The van der Waals surface area contributed by atoms with E-state index in [0.29, 0.717) is 22.0 Å². The lowest BCUT2D eigenvalue weighted by Gasteiger charge is -2.04. The second kappa shape index (κ2) is 5.25. The fourth-order valence-corrected chi connectivity index (χ4v) is 2.36. The second-order valence-corrected chi connectivity index (χ2v) is 4.64. The molecule has 1 aromatic heterocycles. The number of benzene rings is 1. The molecular weight excluding hydrogens is 268 g/mol. The molecule has 0 radical (unpaired) electrons. The Morgan fingerprint density at radius 2 is 2.26 bits per heavy atom. The normalized spacial score (nSPS) is 12.1. The molecule has 0 bridgehead atoms. The van der Waals surface area contributed by atoms with Gasteiger partial charge in [-0.25, -0.2) is 4.98 Å². The maximum atomic E-state index is 10.8. The lowest BCUT2D eigenvalue weighted by Crippen LogP contribution is -2.20. The lowest BCUT2D eigenvalue weighted by molar-refractivity contribution is -0.138. The van der Waals surface area contributed by atoms with Crippen LogP contribution in [0.1, 0.15) is 11.7 Å². The first-order chi connectivity index (χ1) is 9.02. The monoisotopic (exact) mass is 280 g/mol. The van der Waals surface area contributed by atoms with Gasteiger partial charge in [-0.15, -0.1) is 11.3 Å². The first-order valence-electron chi connectivity index (χ1n) is 5.34. The van der Waals surface area contributed by atoms with Gasteiger partial charge in [0.1, 0.15) is 11.0 Å². The summed E-state index contributed by atoms with van der Waals surface area (Å²) < 4.78 is 4.95. The van der Waals surface area contributed by atoms with Crippen LogP contribution in [0.3, 0.4) is 0 Å². The summed E-state index contributed by atoms with van der Waals surface area (Å²) in [5.41, 5.74) is 6.45. The number of aliphatic carboxylic acids is 1. The Kier molecular flexibility index (Phi) is 3.68. The zero-order valence-corrected chi connectivity index (χ0v) is 10.8. The molecular formula is C12H12N2O4S. The van der Waals surface area contributed by atoms with Gasteiger partial charge in [-0.2, -0.15) is 0 Å². The first-order valence-corrected chi connectivity index (χ1v) is 6.22. The molecule has 1 aromatic carbocycles. The number of carboxylic acid groups (broad SMARTS) is 1. The number of nitrogens with zero attached hydrogens (tertiary/aromatic N) is 1. The van der Waals surface area contributed by atoms with E-state index in [4.69, 9.17) is 15.6 Å². The van der Waals surface area contributed by atoms with Crippen molar-refractivity contribution >= 4 is 17.3 Å². The number of hydrogen-bond acceptors (Lipinski definition) is 6. The summed E-state index contributed by atoms with van der Waals surface area (Å²) in [7, 11) is 1.46. The zero-order valence-electron chi connectivity index (χ0n) is 10.0. The van der Waals surface area contributed by atoms with E-state index in [9.17, 15) is 9.90 Å². The number of aromatic nitrogens is 1. The highest BCUT2D eigenvalue weighted by Crippen LogP contribution is 2.33. The Hall–Kier alpha value is -2.12. The highest BCUT2D eigenvalue weighted by molar-refractivity contribution is 7.13. The summed E-state index contributed by atoms with van der Waals surface area (Å²) in [6.45, 7) is 0. The number of phenolic OH excluding ortho intramolecular Hbond substituents is 1. The van der Waals surface area contributed by atoms with Gasteiger partial charge in [-0.3, -0.25) is 4.79 Å². The molecule has 1 atom stereocenters. The van der Waals surface area contributed by atoms with E-state index >= 15 is 0 Å². The standard InChI is InChI=1S/C12H12N2O4S/c1-18-9-3-2-6(4-8(9)15)11-14-7(5-19-11)10(13)12(16)17/h2-5,10,15H,13H2,1H3,(H,16,17). The number of carboxylic acids is 1. The van der Waals surface area contributed by atoms with Gasteiger partial charge < -0.3 is 20.7 Å². The molecule has 0 amide bonds. The smallest absolute Gasteiger partial charge is 0.326 e. The third-order valence-corrected chi connectivity index (χ3v) is 3.44. The largest absolute Gasteiger partial charge is 0.504 e. The van der Waals surface area contributed by atoms with E-state index in [0.717, 1.165) is 0 Å². The second-order valence-electron chi connectivity index (χ2n) is 3.78. The fourth-order valence-electron chi connectivity index (χ4n) is 1.51. The number of carbonyl (C=O) groups is 1. The van der Waals surface area contributed by atoms with Crippen LogP contribution >= 0.6 is 11.3 Å². The maximum Gasteiger partial charge on any atom is 0.326 e. The van der Waals surface area contributed by atoms with Crippen LogP contribution < -0.4 is 10.5 Å². The Bertz CT molecular complexity index is 612. The number of hydrogen-bond donors (Lipinski definition) is 3. The number of phenols is 1. The lowest BCUT2D eigenvalue weighted by atomic mass is 10.2. The van der Waals surface area contributed by atoms with Crippen molar-refractivity contribution in [3.63, 3.8) is 0 Å². The molecule has 1 unspecified atom stereocenters. The number of ether oxygens (including phenoxy) is 1. The number of thiazole rings is 1. The third-order valence-electron chi connectivity index (χ3n) is 2.53. The Labute approximate surface area is 113 Å². The fraction of sp³-hybridized carbons (Fsp3) is 0.167. The summed E-state index contributed by atoms with van der Waals surface area (Å²) >= 11 is 1.26. The van der Waals surface area contributed by atoms with Crippen molar-refractivity contribution < 1.29 is 19.7 Å². The molecule has 6 nitrogen and oxygen atoms in total. The first kappa shape index (κ1) is 13.3. The molecule has 7 heteroatoms. The molecule has 0 aliphatic carbocycles. The van der Waals surface area contributed by atoms with Gasteiger partial charge in [-0.05, 0) is 18.2 Å². The van der Waals surface area contributed by atoms with Crippen molar-refractivity contribution in [1.82, 2.24) is 4.98 Å². The van der Waals surface area contributed by atoms with Gasteiger partial charge >= 0.3 is 5.97 Å². The molecule has 0 saturated heterocycles. The summed E-state index contributed by atoms with van der Waals surface area (Å²) in [4.78, 5) is 14.9. The zero-order chi connectivity index (χ0) is 14.0. The van der Waals surface area contributed by atoms with E-state index in [1.165, 1.54) is 24.5 Å². The van der Waals surface area contributed by atoms with Crippen molar-refractivity contribution in [3.05, 3.63) is 29.3 Å². The van der Waals surface area contributed by atoms with E-state index in [1.807, 2.05) is 0 Å². The van der Waals surface area contributed by atoms with E-state index in [-0.39, 0.29) is 5.75 Å². The minimum Gasteiger partial charge on any atom is -0.504 e. The number of rotatable bonds is 4. The molecule has 0 spiro atoms. The maximum absolute atomic E-state index is 10.8. The molecule has 2 aromatic rings. The van der Waals surface area contributed by atoms with Crippen LogP contribution in [0.2, 0.25) is 0 Å². The van der Waals surface area contributed by atoms with Gasteiger partial charge in [0.15, 0.2) is 11.5 Å². The molecule has 100 valence electrons. The molecule has 1 heterocycles. The quantitative estimate of drug-likeness (QED) is 0.785. The molecule has 0 aliphatic rings. The number of nitrogens with two attached hydrogens (primary N) is 1. The minimum atomic E-state index is -1.14. The van der Waals surface area contributed by atoms with Gasteiger partial charge in [0, 0.05) is 10.9 Å². The Morgan fingerprint density at radius 1 is 1.53 bits per heavy atom. The summed E-state index contributed by atoms with van der Waals surface area (Å²) in [6.07, 6.45) is 0. The van der Waals surface area contributed by atoms with Crippen LogP contribution in [0.25, 0.3) is 10.6 Å². The van der Waals surface area contributed by atoms with Crippen molar-refractivity contribution in [2.45, 2.75) is 6.04 Å². The average molecular weight is 280 g/mol. The van der Waals surface area contributed by atoms with Gasteiger partial charge in [-0.1, -0.05) is 0 Å². The van der Waals surface area contributed by atoms with Crippen LogP contribution in [0.15, 0.2) is 23.6 Å².